The minimum Gasteiger partial charge on any atom is -0.497 e. The van der Waals surface area contributed by atoms with E-state index in [9.17, 15) is 19.8 Å². The van der Waals surface area contributed by atoms with Gasteiger partial charge in [-0.1, -0.05) is 13.8 Å². The Morgan fingerprint density at radius 2 is 1.89 bits per heavy atom. The van der Waals surface area contributed by atoms with Gasteiger partial charge in [0.25, 0.3) is 5.60 Å². The van der Waals surface area contributed by atoms with Crippen molar-refractivity contribution in [2.45, 2.75) is 68.8 Å². The summed E-state index contributed by atoms with van der Waals surface area (Å²) in [5.41, 5.74) is -1.62. The molecule has 1 spiro atoms. The van der Waals surface area contributed by atoms with Gasteiger partial charge in [0.15, 0.2) is 17.6 Å². The third-order valence-electron chi connectivity index (χ3n) is 8.19. The molecule has 5 rings (SSSR count). The van der Waals surface area contributed by atoms with Gasteiger partial charge in [-0.15, -0.1) is 0 Å². The number of hydrogen-bond acceptors (Lipinski definition) is 10. The summed E-state index contributed by atoms with van der Waals surface area (Å²) in [6.07, 6.45) is 2.16. The lowest BCUT2D eigenvalue weighted by Crippen LogP contribution is -2.52. The standard InChI is InChI=1S/C27H35NO9/c1-15(2)6-8-27(32,24(30)34-4)25(31)37-23-21(33-3)12-26-7-5-9-28(26)13-18(29)16-10-19-20(36-14-35-19)11-17(16)22(23)26/h10-12,15,18,22-23,29,32H,5-9,13-14H2,1-4H3/t18-,22-,23-,26+,27-/m1/s1. The van der Waals surface area contributed by atoms with Crippen LogP contribution in [0.5, 0.6) is 11.5 Å². The van der Waals surface area contributed by atoms with Crippen molar-refractivity contribution >= 4 is 11.9 Å². The summed E-state index contributed by atoms with van der Waals surface area (Å²) in [5, 5.41) is 22.4. The van der Waals surface area contributed by atoms with Crippen LogP contribution in [0.25, 0.3) is 0 Å². The second kappa shape index (κ2) is 9.49. The Kier molecular flexibility index (Phi) is 6.62. The van der Waals surface area contributed by atoms with Crippen molar-refractivity contribution in [3.8, 4) is 11.5 Å². The number of β-amino-alcohol motifs (C(OH)–C–C–N with tert-alkyl or cyclic N) is 1. The number of rotatable bonds is 7. The van der Waals surface area contributed by atoms with Crippen LogP contribution < -0.4 is 9.47 Å². The van der Waals surface area contributed by atoms with Gasteiger partial charge in [0, 0.05) is 6.54 Å². The molecule has 37 heavy (non-hydrogen) atoms. The number of methoxy groups -OCH3 is 2. The minimum atomic E-state index is -2.45. The number of fused-ring (bicyclic) bond motifs is 3. The maximum atomic E-state index is 13.5. The lowest BCUT2D eigenvalue weighted by molar-refractivity contribution is -0.187. The summed E-state index contributed by atoms with van der Waals surface area (Å²) in [6.45, 7) is 5.09. The van der Waals surface area contributed by atoms with E-state index in [-0.39, 0.29) is 19.1 Å². The van der Waals surface area contributed by atoms with Gasteiger partial charge in [-0.3, -0.25) is 4.90 Å². The van der Waals surface area contributed by atoms with Crippen molar-refractivity contribution in [1.29, 1.82) is 0 Å². The van der Waals surface area contributed by atoms with Crippen LogP contribution >= 0.6 is 0 Å². The van der Waals surface area contributed by atoms with Crippen molar-refractivity contribution in [3.05, 3.63) is 35.1 Å². The number of benzene rings is 1. The SMILES string of the molecule is COC(=O)[C@](O)(CCC(C)C)C(=O)O[C@@H]1C(OC)=C[C@]23CCCN2C[C@@H](O)c2cc4c(cc2[C@H]13)OCO4. The van der Waals surface area contributed by atoms with E-state index in [1.807, 2.05) is 26.0 Å². The number of ether oxygens (including phenoxy) is 5. The van der Waals surface area contributed by atoms with Crippen LogP contribution in [-0.2, 0) is 23.8 Å². The molecule has 10 nitrogen and oxygen atoms in total. The summed E-state index contributed by atoms with van der Waals surface area (Å²) in [5.74, 6) is -0.942. The quantitative estimate of drug-likeness (QED) is 0.411. The fourth-order valence-electron chi connectivity index (χ4n) is 6.28. The van der Waals surface area contributed by atoms with Gasteiger partial charge in [-0.25, -0.2) is 9.59 Å². The molecule has 0 aromatic heterocycles. The van der Waals surface area contributed by atoms with Gasteiger partial charge in [0.1, 0.15) is 5.76 Å². The van der Waals surface area contributed by atoms with Gasteiger partial charge in [-0.05, 0) is 67.5 Å². The summed E-state index contributed by atoms with van der Waals surface area (Å²) < 4.78 is 27.8. The molecule has 4 aliphatic rings. The van der Waals surface area contributed by atoms with Crippen LogP contribution in [0.3, 0.4) is 0 Å². The van der Waals surface area contributed by atoms with E-state index < -0.39 is 41.2 Å². The molecule has 1 fully saturated rings. The fraction of sp³-hybridized carbons (Fsp3) is 0.630. The van der Waals surface area contributed by atoms with Crippen LogP contribution in [0, 0.1) is 5.92 Å². The monoisotopic (exact) mass is 517 g/mol. The molecule has 10 heteroatoms. The molecule has 0 saturated carbocycles. The summed E-state index contributed by atoms with van der Waals surface area (Å²) in [7, 11) is 2.64. The highest BCUT2D eigenvalue weighted by Crippen LogP contribution is 2.57. The number of esters is 2. The molecule has 0 radical (unpaired) electrons. The first-order valence-corrected chi connectivity index (χ1v) is 12.8. The molecule has 2 N–H and O–H groups in total. The maximum Gasteiger partial charge on any atom is 0.350 e. The van der Waals surface area contributed by atoms with E-state index in [1.54, 1.807) is 6.07 Å². The van der Waals surface area contributed by atoms with Crippen molar-refractivity contribution in [2.24, 2.45) is 5.92 Å². The highest BCUT2D eigenvalue weighted by atomic mass is 16.7. The summed E-state index contributed by atoms with van der Waals surface area (Å²) in [4.78, 5) is 28.4. The molecule has 1 aromatic carbocycles. The van der Waals surface area contributed by atoms with Gasteiger partial charge in [0.05, 0.1) is 31.8 Å². The van der Waals surface area contributed by atoms with Crippen molar-refractivity contribution in [3.63, 3.8) is 0 Å². The van der Waals surface area contributed by atoms with E-state index in [0.717, 1.165) is 32.1 Å². The molecule has 202 valence electrons. The van der Waals surface area contributed by atoms with Crippen LogP contribution in [-0.4, -0.2) is 78.4 Å². The van der Waals surface area contributed by atoms with Crippen molar-refractivity contribution in [1.82, 2.24) is 4.90 Å². The molecule has 3 heterocycles. The number of nitrogens with zero attached hydrogens (tertiary/aromatic N) is 1. The summed E-state index contributed by atoms with van der Waals surface area (Å²) >= 11 is 0. The predicted molar refractivity (Wildman–Crippen MR) is 130 cm³/mol. The molecule has 3 aliphatic heterocycles. The van der Waals surface area contributed by atoms with E-state index in [0.29, 0.717) is 35.8 Å². The Morgan fingerprint density at radius 1 is 1.19 bits per heavy atom. The number of aliphatic hydroxyl groups is 2. The third-order valence-corrected chi connectivity index (χ3v) is 8.19. The highest BCUT2D eigenvalue weighted by molar-refractivity contribution is 6.03. The Balaban J connectivity index is 1.58. The third kappa shape index (κ3) is 4.06. The smallest absolute Gasteiger partial charge is 0.350 e. The minimum absolute atomic E-state index is 0.0816. The number of hydrogen-bond donors (Lipinski definition) is 2. The number of aliphatic hydroxyl groups excluding tert-OH is 1. The fourth-order valence-corrected chi connectivity index (χ4v) is 6.28. The molecule has 0 unspecified atom stereocenters. The van der Waals surface area contributed by atoms with Crippen LogP contribution in [0.2, 0.25) is 0 Å². The highest BCUT2D eigenvalue weighted by Gasteiger charge is 2.60. The molecule has 0 amide bonds. The lowest BCUT2D eigenvalue weighted by atomic mass is 9.77. The normalized spacial score (nSPS) is 29.5. The first-order valence-electron chi connectivity index (χ1n) is 12.8. The van der Waals surface area contributed by atoms with Crippen LogP contribution in [0.1, 0.15) is 62.7 Å². The topological polar surface area (TPSA) is 124 Å². The molecule has 1 saturated heterocycles. The zero-order valence-corrected chi connectivity index (χ0v) is 21.7. The Hall–Kier alpha value is -2.82. The second-order valence-corrected chi connectivity index (χ2v) is 10.7. The maximum absolute atomic E-state index is 13.5. The van der Waals surface area contributed by atoms with Crippen molar-refractivity contribution in [2.75, 3.05) is 34.1 Å². The molecular weight excluding hydrogens is 482 g/mol. The van der Waals surface area contributed by atoms with Gasteiger partial charge >= 0.3 is 11.9 Å². The first-order chi connectivity index (χ1) is 17.6. The molecule has 5 atom stereocenters. The van der Waals surface area contributed by atoms with E-state index in [4.69, 9.17) is 23.7 Å². The Bertz CT molecular complexity index is 1120. The second-order valence-electron chi connectivity index (χ2n) is 10.7. The molecular formula is C27H35NO9. The predicted octanol–water partition coefficient (Wildman–Crippen LogP) is 2.18. The van der Waals surface area contributed by atoms with E-state index in [1.165, 1.54) is 7.11 Å². The van der Waals surface area contributed by atoms with Gasteiger partial charge in [0.2, 0.25) is 6.79 Å². The van der Waals surface area contributed by atoms with Gasteiger partial charge in [-0.2, -0.15) is 0 Å². The number of carbonyl (C=O) groups is 2. The van der Waals surface area contributed by atoms with E-state index in [2.05, 4.69) is 4.90 Å². The number of carbonyl (C=O) groups excluding carboxylic acids is 2. The molecule has 1 aromatic rings. The zero-order valence-electron chi connectivity index (χ0n) is 21.7. The largest absolute Gasteiger partial charge is 0.497 e. The molecule has 0 bridgehead atoms. The lowest BCUT2D eigenvalue weighted by Gasteiger charge is -2.39. The van der Waals surface area contributed by atoms with E-state index >= 15 is 0 Å². The van der Waals surface area contributed by atoms with Crippen molar-refractivity contribution < 1.29 is 43.5 Å². The van der Waals surface area contributed by atoms with Crippen LogP contribution in [0.4, 0.5) is 0 Å². The average molecular weight is 518 g/mol. The van der Waals surface area contributed by atoms with Crippen LogP contribution in [0.15, 0.2) is 24.0 Å². The Morgan fingerprint density at radius 3 is 2.54 bits per heavy atom. The van der Waals surface area contributed by atoms with Gasteiger partial charge < -0.3 is 33.9 Å². The summed E-state index contributed by atoms with van der Waals surface area (Å²) in [6, 6.07) is 3.63. The Labute approximate surface area is 216 Å². The average Bonchev–Trinajstić information content (AvgIpc) is 3.57. The first kappa shape index (κ1) is 25.8. The molecule has 1 aliphatic carbocycles. The zero-order chi connectivity index (χ0) is 26.5.